The summed E-state index contributed by atoms with van der Waals surface area (Å²) in [5.74, 6) is 0. The Labute approximate surface area is 307 Å². The molecule has 0 bridgehead atoms. The lowest BCUT2D eigenvalue weighted by atomic mass is 9.70. The molecule has 10 rings (SSSR count). The summed E-state index contributed by atoms with van der Waals surface area (Å²) in [6.45, 7) is 0. The third-order valence-corrected chi connectivity index (χ3v) is 11.3. The zero-order valence-electron chi connectivity index (χ0n) is 27.8. The van der Waals surface area contributed by atoms with Crippen LogP contribution in [0, 0.1) is 0 Å². The van der Waals surface area contributed by atoms with Gasteiger partial charge in [0.15, 0.2) is 0 Å². The smallest absolute Gasteiger partial charge is 0.0725 e. The van der Waals surface area contributed by atoms with Gasteiger partial charge in [0.1, 0.15) is 0 Å². The molecule has 8 aromatic carbocycles. The van der Waals surface area contributed by atoms with Crippen LogP contribution in [0.15, 0.2) is 199 Å². The standard InChI is InChI=1S/C49H32BrN/c50-36-25-31-39(32-26-36)51(37-27-21-34(22-28-37)33-11-2-1-3-12-33)38-29-23-35(24-30-38)40-16-10-20-47-48(40)43-15-6-9-19-46(43)49(47)44-17-7-4-13-41(44)42-14-5-8-18-45(42)49/h1-32H. The van der Waals surface area contributed by atoms with Crippen LogP contribution in [0.4, 0.5) is 17.1 Å². The molecule has 0 heterocycles. The summed E-state index contributed by atoms with van der Waals surface area (Å²) in [5, 5.41) is 0. The van der Waals surface area contributed by atoms with Gasteiger partial charge in [-0.3, -0.25) is 0 Å². The van der Waals surface area contributed by atoms with Gasteiger partial charge in [0.2, 0.25) is 0 Å². The molecule has 2 aliphatic carbocycles. The minimum Gasteiger partial charge on any atom is -0.311 e. The van der Waals surface area contributed by atoms with Crippen molar-refractivity contribution in [2.45, 2.75) is 5.41 Å². The lowest BCUT2D eigenvalue weighted by Gasteiger charge is -2.30. The summed E-state index contributed by atoms with van der Waals surface area (Å²) >= 11 is 3.64. The van der Waals surface area contributed by atoms with Gasteiger partial charge < -0.3 is 4.90 Å². The minimum absolute atomic E-state index is 0.348. The van der Waals surface area contributed by atoms with Crippen molar-refractivity contribution in [2.24, 2.45) is 0 Å². The SMILES string of the molecule is Brc1ccc(N(c2ccc(-c3ccccc3)cc2)c2ccc(-c3cccc4c3-c3ccccc3C43c4ccccc4-c4ccccc43)cc2)cc1. The fourth-order valence-corrected chi connectivity index (χ4v) is 8.91. The largest absolute Gasteiger partial charge is 0.311 e. The Kier molecular flexibility index (Phi) is 6.94. The second-order valence-electron chi connectivity index (χ2n) is 13.4. The summed E-state index contributed by atoms with van der Waals surface area (Å²) in [6, 6.07) is 71.0. The van der Waals surface area contributed by atoms with E-state index in [4.69, 9.17) is 0 Å². The first-order valence-corrected chi connectivity index (χ1v) is 18.3. The Morgan fingerprint density at radius 2 is 0.725 bits per heavy atom. The number of halogens is 1. The van der Waals surface area contributed by atoms with Gasteiger partial charge in [-0.25, -0.2) is 0 Å². The number of hydrogen-bond acceptors (Lipinski definition) is 1. The highest BCUT2D eigenvalue weighted by molar-refractivity contribution is 9.10. The summed E-state index contributed by atoms with van der Waals surface area (Å²) in [4.78, 5) is 2.33. The molecule has 0 N–H and O–H groups in total. The van der Waals surface area contributed by atoms with Crippen molar-refractivity contribution < 1.29 is 0 Å². The van der Waals surface area contributed by atoms with Crippen LogP contribution in [0.25, 0.3) is 44.5 Å². The third-order valence-electron chi connectivity index (χ3n) is 10.8. The van der Waals surface area contributed by atoms with E-state index in [1.165, 1.54) is 66.8 Å². The number of hydrogen-bond donors (Lipinski definition) is 0. The van der Waals surface area contributed by atoms with E-state index >= 15 is 0 Å². The predicted octanol–water partition coefficient (Wildman–Crippen LogP) is 13.6. The molecule has 0 saturated heterocycles. The second kappa shape index (κ2) is 11.8. The zero-order valence-corrected chi connectivity index (χ0v) is 29.4. The Balaban J connectivity index is 1.11. The summed E-state index contributed by atoms with van der Waals surface area (Å²) in [5.41, 5.74) is 18.6. The summed E-state index contributed by atoms with van der Waals surface area (Å²) in [6.07, 6.45) is 0. The van der Waals surface area contributed by atoms with Crippen molar-refractivity contribution in [2.75, 3.05) is 4.90 Å². The maximum Gasteiger partial charge on any atom is 0.0725 e. The summed E-state index contributed by atoms with van der Waals surface area (Å²) < 4.78 is 1.06. The van der Waals surface area contributed by atoms with E-state index in [-0.39, 0.29) is 5.41 Å². The van der Waals surface area contributed by atoms with E-state index in [1.54, 1.807) is 0 Å². The van der Waals surface area contributed by atoms with Crippen molar-refractivity contribution in [3.63, 3.8) is 0 Å². The van der Waals surface area contributed by atoms with Crippen LogP contribution in [0.5, 0.6) is 0 Å². The second-order valence-corrected chi connectivity index (χ2v) is 14.3. The molecule has 0 saturated carbocycles. The molecule has 8 aromatic rings. The first-order valence-electron chi connectivity index (χ1n) is 17.5. The molecule has 0 aliphatic heterocycles. The fourth-order valence-electron chi connectivity index (χ4n) is 8.65. The molecule has 1 nitrogen and oxygen atoms in total. The average Bonchev–Trinajstić information content (AvgIpc) is 3.67. The van der Waals surface area contributed by atoms with Crippen LogP contribution in [-0.4, -0.2) is 0 Å². The predicted molar refractivity (Wildman–Crippen MR) is 216 cm³/mol. The Bertz CT molecular complexity index is 2520. The molecule has 0 aromatic heterocycles. The van der Waals surface area contributed by atoms with Crippen LogP contribution in [0.1, 0.15) is 22.3 Å². The molecule has 1 spiro atoms. The first-order chi connectivity index (χ1) is 25.2. The lowest BCUT2D eigenvalue weighted by Crippen LogP contribution is -2.25. The van der Waals surface area contributed by atoms with E-state index < -0.39 is 0 Å². The van der Waals surface area contributed by atoms with E-state index in [0.29, 0.717) is 0 Å². The molecule has 240 valence electrons. The van der Waals surface area contributed by atoms with Gasteiger partial charge in [-0.05, 0) is 115 Å². The average molecular weight is 715 g/mol. The van der Waals surface area contributed by atoms with E-state index in [0.717, 1.165) is 21.5 Å². The molecule has 2 aliphatic rings. The molecule has 0 radical (unpaired) electrons. The fraction of sp³-hybridized carbons (Fsp3) is 0.0204. The maximum atomic E-state index is 3.64. The number of benzene rings is 8. The van der Waals surface area contributed by atoms with Crippen molar-refractivity contribution in [3.05, 3.63) is 221 Å². The summed E-state index contributed by atoms with van der Waals surface area (Å²) in [7, 11) is 0. The van der Waals surface area contributed by atoms with Crippen LogP contribution >= 0.6 is 15.9 Å². The number of rotatable bonds is 5. The normalized spacial score (nSPS) is 13.0. The van der Waals surface area contributed by atoms with Gasteiger partial charge in [-0.1, -0.05) is 162 Å². The third kappa shape index (κ3) is 4.53. The molecule has 2 heteroatoms. The molecule has 51 heavy (non-hydrogen) atoms. The Morgan fingerprint density at radius 3 is 1.31 bits per heavy atom. The molecular weight excluding hydrogens is 682 g/mol. The number of anilines is 3. The van der Waals surface area contributed by atoms with E-state index in [2.05, 4.69) is 215 Å². The zero-order chi connectivity index (χ0) is 33.9. The Hall–Kier alpha value is -5.96. The maximum absolute atomic E-state index is 3.64. The highest BCUT2D eigenvalue weighted by Gasteiger charge is 2.51. The van der Waals surface area contributed by atoms with Crippen molar-refractivity contribution in [1.29, 1.82) is 0 Å². The quantitative estimate of drug-likeness (QED) is 0.172. The van der Waals surface area contributed by atoms with E-state index in [9.17, 15) is 0 Å². The molecule has 0 atom stereocenters. The van der Waals surface area contributed by atoms with Crippen molar-refractivity contribution >= 4 is 33.0 Å². The van der Waals surface area contributed by atoms with Crippen LogP contribution in [-0.2, 0) is 5.41 Å². The van der Waals surface area contributed by atoms with Crippen LogP contribution in [0.3, 0.4) is 0 Å². The van der Waals surface area contributed by atoms with Gasteiger partial charge in [0.25, 0.3) is 0 Å². The van der Waals surface area contributed by atoms with Gasteiger partial charge in [-0.15, -0.1) is 0 Å². The highest BCUT2D eigenvalue weighted by atomic mass is 79.9. The molecule has 0 amide bonds. The highest BCUT2D eigenvalue weighted by Crippen LogP contribution is 2.63. The van der Waals surface area contributed by atoms with Crippen LogP contribution in [0.2, 0.25) is 0 Å². The van der Waals surface area contributed by atoms with Gasteiger partial charge in [0, 0.05) is 21.5 Å². The van der Waals surface area contributed by atoms with E-state index in [1.807, 2.05) is 0 Å². The minimum atomic E-state index is -0.348. The number of nitrogens with zero attached hydrogens (tertiary/aromatic N) is 1. The van der Waals surface area contributed by atoms with Crippen LogP contribution < -0.4 is 4.90 Å². The lowest BCUT2D eigenvalue weighted by molar-refractivity contribution is 0.794. The van der Waals surface area contributed by atoms with Gasteiger partial charge in [0.05, 0.1) is 5.41 Å². The van der Waals surface area contributed by atoms with Gasteiger partial charge >= 0.3 is 0 Å². The first kappa shape index (κ1) is 29.9. The monoisotopic (exact) mass is 713 g/mol. The van der Waals surface area contributed by atoms with Gasteiger partial charge in [-0.2, -0.15) is 0 Å². The van der Waals surface area contributed by atoms with Crippen molar-refractivity contribution in [3.8, 4) is 44.5 Å². The topological polar surface area (TPSA) is 3.24 Å². The number of fused-ring (bicyclic) bond motifs is 10. The Morgan fingerprint density at radius 1 is 0.314 bits per heavy atom. The molecular formula is C49H32BrN. The molecule has 0 fully saturated rings. The van der Waals surface area contributed by atoms with Crippen molar-refractivity contribution in [1.82, 2.24) is 0 Å². The molecule has 0 unspecified atom stereocenters.